The van der Waals surface area contributed by atoms with Crippen molar-refractivity contribution in [3.05, 3.63) is 35.9 Å². The predicted molar refractivity (Wildman–Crippen MR) is 83.1 cm³/mol. The van der Waals surface area contributed by atoms with Gasteiger partial charge in [-0.25, -0.2) is 0 Å². The van der Waals surface area contributed by atoms with Gasteiger partial charge in [0.15, 0.2) is 0 Å². The Morgan fingerprint density at radius 2 is 1.95 bits per heavy atom. The highest BCUT2D eigenvalue weighted by atomic mass is 15.0. The maximum Gasteiger partial charge on any atom is 0.0672 e. The average Bonchev–Trinajstić information content (AvgIpc) is 2.85. The molecule has 2 heteroatoms. The maximum absolute atomic E-state index is 9.26. The molecule has 0 saturated heterocycles. The van der Waals surface area contributed by atoms with E-state index in [0.29, 0.717) is 12.1 Å². The molecule has 3 unspecified atom stereocenters. The first kappa shape index (κ1) is 15.1. The fourth-order valence-corrected chi connectivity index (χ4v) is 3.14. The Labute approximate surface area is 123 Å². The van der Waals surface area contributed by atoms with Crippen LogP contribution in [0.5, 0.6) is 0 Å². The number of hydrogen-bond donors (Lipinski definition) is 1. The van der Waals surface area contributed by atoms with Crippen molar-refractivity contribution in [3.63, 3.8) is 0 Å². The monoisotopic (exact) mass is 270 g/mol. The van der Waals surface area contributed by atoms with Gasteiger partial charge in [-0.05, 0) is 30.2 Å². The number of nitriles is 1. The molecule has 108 valence electrons. The third-order valence-corrected chi connectivity index (χ3v) is 4.12. The lowest BCUT2D eigenvalue weighted by molar-refractivity contribution is 0.284. The van der Waals surface area contributed by atoms with Gasteiger partial charge in [0, 0.05) is 12.1 Å². The zero-order valence-electron chi connectivity index (χ0n) is 12.9. The minimum atomic E-state index is 0.182. The Bertz CT molecular complexity index is 453. The molecule has 0 aliphatic heterocycles. The van der Waals surface area contributed by atoms with Crippen molar-refractivity contribution < 1.29 is 0 Å². The molecular weight excluding hydrogens is 244 g/mol. The fourth-order valence-electron chi connectivity index (χ4n) is 3.14. The Morgan fingerprint density at radius 1 is 1.25 bits per heavy atom. The molecule has 2 rings (SSSR count). The predicted octanol–water partition coefficient (Wildman–Crippen LogP) is 4.45. The number of hydrogen-bond acceptors (Lipinski definition) is 2. The van der Waals surface area contributed by atoms with Gasteiger partial charge in [0.1, 0.15) is 0 Å². The first-order valence-electron chi connectivity index (χ1n) is 7.70. The smallest absolute Gasteiger partial charge is 0.0672 e. The van der Waals surface area contributed by atoms with E-state index in [1.807, 2.05) is 0 Å². The molecule has 0 amide bonds. The quantitative estimate of drug-likeness (QED) is 0.877. The van der Waals surface area contributed by atoms with Crippen LogP contribution in [0.4, 0.5) is 0 Å². The Hall–Kier alpha value is -1.33. The molecule has 1 aromatic carbocycles. The molecule has 3 atom stereocenters. The zero-order chi connectivity index (χ0) is 14.6. The van der Waals surface area contributed by atoms with Crippen LogP contribution in [0.2, 0.25) is 0 Å². The lowest BCUT2D eigenvalue weighted by atomic mass is 9.85. The zero-order valence-corrected chi connectivity index (χ0v) is 12.9. The third-order valence-electron chi connectivity index (χ3n) is 4.12. The van der Waals surface area contributed by atoms with Gasteiger partial charge in [-0.2, -0.15) is 5.26 Å². The normalized spacial score (nSPS) is 24.3. The fraction of sp³-hybridized carbons (Fsp3) is 0.611. The van der Waals surface area contributed by atoms with Gasteiger partial charge in [0.2, 0.25) is 0 Å². The first-order chi connectivity index (χ1) is 9.49. The Balaban J connectivity index is 2.13. The highest BCUT2D eigenvalue weighted by molar-refractivity contribution is 5.20. The molecule has 20 heavy (non-hydrogen) atoms. The second kappa shape index (κ2) is 6.41. The van der Waals surface area contributed by atoms with Gasteiger partial charge in [-0.3, -0.25) is 0 Å². The van der Waals surface area contributed by atoms with Gasteiger partial charge in [0.25, 0.3) is 0 Å². The maximum atomic E-state index is 9.26. The van der Waals surface area contributed by atoms with Crippen LogP contribution in [0, 0.1) is 22.7 Å². The van der Waals surface area contributed by atoms with Gasteiger partial charge in [-0.1, -0.05) is 57.5 Å². The van der Waals surface area contributed by atoms with Crippen LogP contribution in [0.15, 0.2) is 30.3 Å². The van der Waals surface area contributed by atoms with Crippen molar-refractivity contribution in [2.75, 3.05) is 0 Å². The average molecular weight is 270 g/mol. The number of nitrogens with zero attached hydrogens (tertiary/aromatic N) is 1. The molecule has 0 bridgehead atoms. The van der Waals surface area contributed by atoms with Gasteiger partial charge in [-0.15, -0.1) is 0 Å². The molecule has 1 N–H and O–H groups in total. The first-order valence-corrected chi connectivity index (χ1v) is 7.70. The van der Waals surface area contributed by atoms with E-state index in [-0.39, 0.29) is 11.3 Å². The molecule has 1 fully saturated rings. The van der Waals surface area contributed by atoms with Crippen molar-refractivity contribution in [1.82, 2.24) is 5.32 Å². The molecule has 0 aromatic heterocycles. The van der Waals surface area contributed by atoms with E-state index >= 15 is 0 Å². The van der Waals surface area contributed by atoms with Crippen LogP contribution in [-0.2, 0) is 0 Å². The molecule has 0 heterocycles. The van der Waals surface area contributed by atoms with Crippen LogP contribution in [-0.4, -0.2) is 6.04 Å². The van der Waals surface area contributed by atoms with E-state index in [1.165, 1.54) is 12.0 Å². The van der Waals surface area contributed by atoms with Gasteiger partial charge >= 0.3 is 0 Å². The summed E-state index contributed by atoms with van der Waals surface area (Å²) in [4.78, 5) is 0. The van der Waals surface area contributed by atoms with Crippen LogP contribution in [0.25, 0.3) is 0 Å². The lowest BCUT2D eigenvalue weighted by Gasteiger charge is -2.30. The van der Waals surface area contributed by atoms with Crippen LogP contribution in [0.1, 0.15) is 58.1 Å². The van der Waals surface area contributed by atoms with Crippen molar-refractivity contribution in [3.8, 4) is 6.07 Å². The summed E-state index contributed by atoms with van der Waals surface area (Å²) in [5.74, 6) is 0.182. The van der Waals surface area contributed by atoms with Crippen LogP contribution in [0.3, 0.4) is 0 Å². The van der Waals surface area contributed by atoms with Crippen molar-refractivity contribution in [1.29, 1.82) is 5.26 Å². The topological polar surface area (TPSA) is 35.8 Å². The highest BCUT2D eigenvalue weighted by Gasteiger charge is 2.30. The molecule has 1 aliphatic rings. The van der Waals surface area contributed by atoms with E-state index in [2.05, 4.69) is 62.5 Å². The van der Waals surface area contributed by atoms with E-state index in [0.717, 1.165) is 19.3 Å². The second-order valence-electron chi connectivity index (χ2n) is 7.17. The molecule has 2 nitrogen and oxygen atoms in total. The summed E-state index contributed by atoms with van der Waals surface area (Å²) in [5, 5.41) is 13.0. The Morgan fingerprint density at radius 3 is 2.55 bits per heavy atom. The number of nitrogens with one attached hydrogen (secondary N) is 1. The largest absolute Gasteiger partial charge is 0.306 e. The minimum Gasteiger partial charge on any atom is -0.306 e. The van der Waals surface area contributed by atoms with E-state index in [4.69, 9.17) is 0 Å². The molecule has 1 aliphatic carbocycles. The van der Waals surface area contributed by atoms with Crippen molar-refractivity contribution in [2.45, 2.75) is 58.5 Å². The molecule has 1 saturated carbocycles. The standard InChI is InChI=1S/C18H26N2/c1-18(2,3)12-17(14-8-5-4-6-9-14)20-16-11-7-10-15(16)13-19/h4-6,8-9,15-17,20H,7,10-12H2,1-3H3. The summed E-state index contributed by atoms with van der Waals surface area (Å²) in [7, 11) is 0. The van der Waals surface area contributed by atoms with Crippen LogP contribution >= 0.6 is 0 Å². The molecular formula is C18H26N2. The Kier molecular flexibility index (Phi) is 4.83. The SMILES string of the molecule is CC(C)(C)CC(NC1CCCC1C#N)c1ccccc1. The highest BCUT2D eigenvalue weighted by Crippen LogP contribution is 2.33. The number of benzene rings is 1. The van der Waals surface area contributed by atoms with E-state index in [1.54, 1.807) is 0 Å². The van der Waals surface area contributed by atoms with Crippen molar-refractivity contribution in [2.24, 2.45) is 11.3 Å². The second-order valence-corrected chi connectivity index (χ2v) is 7.17. The summed E-state index contributed by atoms with van der Waals surface area (Å²) < 4.78 is 0. The van der Waals surface area contributed by atoms with Gasteiger partial charge in [0.05, 0.1) is 12.0 Å². The van der Waals surface area contributed by atoms with E-state index in [9.17, 15) is 5.26 Å². The number of rotatable bonds is 4. The minimum absolute atomic E-state index is 0.182. The van der Waals surface area contributed by atoms with E-state index < -0.39 is 0 Å². The molecule has 0 radical (unpaired) electrons. The lowest BCUT2D eigenvalue weighted by Crippen LogP contribution is -2.36. The van der Waals surface area contributed by atoms with Gasteiger partial charge < -0.3 is 5.32 Å². The molecule has 0 spiro atoms. The summed E-state index contributed by atoms with van der Waals surface area (Å²) in [6.07, 6.45) is 4.44. The summed E-state index contributed by atoms with van der Waals surface area (Å²) in [6, 6.07) is 13.8. The van der Waals surface area contributed by atoms with Crippen LogP contribution < -0.4 is 5.32 Å². The van der Waals surface area contributed by atoms with Crippen molar-refractivity contribution >= 4 is 0 Å². The summed E-state index contributed by atoms with van der Waals surface area (Å²) in [6.45, 7) is 6.84. The summed E-state index contributed by atoms with van der Waals surface area (Å²) >= 11 is 0. The third kappa shape index (κ3) is 4.08. The summed E-state index contributed by atoms with van der Waals surface area (Å²) in [5.41, 5.74) is 1.61. The molecule has 1 aromatic rings.